The van der Waals surface area contributed by atoms with E-state index in [9.17, 15) is 9.59 Å². The van der Waals surface area contributed by atoms with Crippen molar-refractivity contribution in [1.82, 2.24) is 9.80 Å². The lowest BCUT2D eigenvalue weighted by atomic mass is 10.2. The average Bonchev–Trinajstić information content (AvgIpc) is 3.39. The minimum Gasteiger partial charge on any atom is -0.459 e. The molecule has 4 rings (SSSR count). The molecule has 1 fully saturated rings. The van der Waals surface area contributed by atoms with Crippen LogP contribution in [0.15, 0.2) is 41.0 Å². The molecule has 1 N–H and O–H groups in total. The molecule has 8 nitrogen and oxygen atoms in total. The Balaban J connectivity index is 1.21. The van der Waals surface area contributed by atoms with Crippen molar-refractivity contribution in [3.8, 4) is 11.5 Å². The number of amides is 2. The number of fused-ring (bicyclic) bond motifs is 1. The summed E-state index contributed by atoms with van der Waals surface area (Å²) >= 11 is 0. The number of benzene rings is 1. The summed E-state index contributed by atoms with van der Waals surface area (Å²) in [7, 11) is 0. The van der Waals surface area contributed by atoms with Crippen LogP contribution in [-0.4, -0.2) is 61.1 Å². The van der Waals surface area contributed by atoms with Gasteiger partial charge in [-0.1, -0.05) is 0 Å². The monoisotopic (exact) mass is 371 g/mol. The van der Waals surface area contributed by atoms with Crippen molar-refractivity contribution < 1.29 is 23.5 Å². The van der Waals surface area contributed by atoms with Crippen LogP contribution in [-0.2, 0) is 4.79 Å². The van der Waals surface area contributed by atoms with Crippen molar-refractivity contribution in [3.05, 3.63) is 42.4 Å². The zero-order valence-corrected chi connectivity index (χ0v) is 14.8. The van der Waals surface area contributed by atoms with Crippen LogP contribution in [0.4, 0.5) is 5.69 Å². The summed E-state index contributed by atoms with van der Waals surface area (Å²) < 4.78 is 15.8. The second kappa shape index (κ2) is 7.61. The third-order valence-electron chi connectivity index (χ3n) is 4.69. The fraction of sp³-hybridized carbons (Fsp3) is 0.368. The Hall–Kier alpha value is -3.16. The summed E-state index contributed by atoms with van der Waals surface area (Å²) in [5, 5.41) is 3.23. The molecule has 142 valence electrons. The Bertz CT molecular complexity index is 813. The summed E-state index contributed by atoms with van der Waals surface area (Å²) in [6, 6.07) is 8.96. The van der Waals surface area contributed by atoms with Crippen molar-refractivity contribution >= 4 is 17.5 Å². The molecule has 0 saturated carbocycles. The van der Waals surface area contributed by atoms with E-state index in [1.807, 2.05) is 18.2 Å². The number of hydrogen-bond acceptors (Lipinski definition) is 6. The first-order valence-corrected chi connectivity index (χ1v) is 8.95. The maximum atomic E-state index is 12.4. The number of carbonyl (C=O) groups is 2. The third kappa shape index (κ3) is 3.84. The Labute approximate surface area is 156 Å². The maximum absolute atomic E-state index is 12.4. The SMILES string of the molecule is O=C(CCNc1ccc2c(c1)OCO2)N1CCN(C(=O)c2ccco2)CC1. The molecule has 2 aliphatic rings. The molecule has 0 bridgehead atoms. The zero-order chi connectivity index (χ0) is 18.6. The smallest absolute Gasteiger partial charge is 0.289 e. The molecule has 2 amide bonds. The van der Waals surface area contributed by atoms with Gasteiger partial charge in [0.1, 0.15) is 0 Å². The Morgan fingerprint density at radius 3 is 2.56 bits per heavy atom. The molecule has 0 aliphatic carbocycles. The van der Waals surface area contributed by atoms with Crippen LogP contribution in [0.1, 0.15) is 17.0 Å². The molecule has 0 unspecified atom stereocenters. The second-order valence-corrected chi connectivity index (χ2v) is 6.40. The number of piperazine rings is 1. The number of hydrogen-bond donors (Lipinski definition) is 1. The maximum Gasteiger partial charge on any atom is 0.289 e. The largest absolute Gasteiger partial charge is 0.459 e. The number of anilines is 1. The van der Waals surface area contributed by atoms with Crippen molar-refractivity contribution in [3.63, 3.8) is 0 Å². The molecule has 1 saturated heterocycles. The minimum atomic E-state index is -0.128. The number of furan rings is 1. The number of carbonyl (C=O) groups excluding carboxylic acids is 2. The second-order valence-electron chi connectivity index (χ2n) is 6.40. The van der Waals surface area contributed by atoms with Crippen molar-refractivity contribution in [1.29, 1.82) is 0 Å². The predicted molar refractivity (Wildman–Crippen MR) is 96.9 cm³/mol. The molecule has 1 aromatic heterocycles. The first-order valence-electron chi connectivity index (χ1n) is 8.95. The van der Waals surface area contributed by atoms with Gasteiger partial charge in [0.2, 0.25) is 12.7 Å². The van der Waals surface area contributed by atoms with Crippen LogP contribution in [0.25, 0.3) is 0 Å². The molecule has 0 radical (unpaired) electrons. The van der Waals surface area contributed by atoms with Gasteiger partial charge in [0, 0.05) is 50.9 Å². The van der Waals surface area contributed by atoms with Gasteiger partial charge in [-0.2, -0.15) is 0 Å². The van der Waals surface area contributed by atoms with Gasteiger partial charge in [0.05, 0.1) is 6.26 Å². The van der Waals surface area contributed by atoms with Crippen LogP contribution in [0.2, 0.25) is 0 Å². The van der Waals surface area contributed by atoms with E-state index in [4.69, 9.17) is 13.9 Å². The van der Waals surface area contributed by atoms with Crippen molar-refractivity contribution in [2.75, 3.05) is 44.8 Å². The number of rotatable bonds is 5. The topological polar surface area (TPSA) is 84.3 Å². The van der Waals surface area contributed by atoms with Gasteiger partial charge in [-0.15, -0.1) is 0 Å². The van der Waals surface area contributed by atoms with E-state index in [1.165, 1.54) is 6.26 Å². The van der Waals surface area contributed by atoms with Crippen molar-refractivity contribution in [2.45, 2.75) is 6.42 Å². The highest BCUT2D eigenvalue weighted by Gasteiger charge is 2.25. The van der Waals surface area contributed by atoms with Gasteiger partial charge in [0.25, 0.3) is 5.91 Å². The van der Waals surface area contributed by atoms with Crippen LogP contribution >= 0.6 is 0 Å². The van der Waals surface area contributed by atoms with Gasteiger partial charge in [-0.3, -0.25) is 9.59 Å². The van der Waals surface area contributed by atoms with Gasteiger partial charge < -0.3 is 29.0 Å². The lowest BCUT2D eigenvalue weighted by Crippen LogP contribution is -2.50. The van der Waals surface area contributed by atoms with Gasteiger partial charge >= 0.3 is 0 Å². The summed E-state index contributed by atoms with van der Waals surface area (Å²) in [6.07, 6.45) is 1.88. The zero-order valence-electron chi connectivity index (χ0n) is 14.8. The normalized spacial score (nSPS) is 15.7. The lowest BCUT2D eigenvalue weighted by Gasteiger charge is -2.34. The molecule has 2 aliphatic heterocycles. The Kier molecular flexibility index (Phi) is 4.86. The van der Waals surface area contributed by atoms with E-state index in [2.05, 4.69) is 5.32 Å². The van der Waals surface area contributed by atoms with Crippen LogP contribution in [0.5, 0.6) is 11.5 Å². The standard InChI is InChI=1S/C19H21N3O5/c23-18(5-6-20-14-3-4-15-17(12-14)27-13-26-15)21-7-9-22(10-8-21)19(24)16-2-1-11-25-16/h1-4,11-12,20H,5-10,13H2. The molecule has 3 heterocycles. The van der Waals surface area contributed by atoms with Crippen LogP contribution in [0.3, 0.4) is 0 Å². The molecular formula is C19H21N3O5. The summed E-state index contributed by atoms with van der Waals surface area (Å²) in [5.41, 5.74) is 0.890. The van der Waals surface area contributed by atoms with E-state index < -0.39 is 0 Å². The van der Waals surface area contributed by atoms with Crippen molar-refractivity contribution in [2.24, 2.45) is 0 Å². The molecule has 0 spiro atoms. The molecule has 1 aromatic carbocycles. The number of ether oxygens (including phenoxy) is 2. The summed E-state index contributed by atoms with van der Waals surface area (Å²) in [5.74, 6) is 1.73. The van der Waals surface area contributed by atoms with Crippen LogP contribution in [0, 0.1) is 0 Å². The predicted octanol–water partition coefficient (Wildman–Crippen LogP) is 1.79. The number of nitrogens with zero attached hydrogens (tertiary/aromatic N) is 2. The summed E-state index contributed by atoms with van der Waals surface area (Å²) in [4.78, 5) is 28.2. The lowest BCUT2D eigenvalue weighted by molar-refractivity contribution is -0.132. The third-order valence-corrected chi connectivity index (χ3v) is 4.69. The first-order chi connectivity index (χ1) is 13.2. The average molecular weight is 371 g/mol. The molecule has 8 heteroatoms. The number of nitrogens with one attached hydrogen (secondary N) is 1. The van der Waals surface area contributed by atoms with E-state index >= 15 is 0 Å². The highest BCUT2D eigenvalue weighted by molar-refractivity contribution is 5.91. The molecule has 2 aromatic rings. The van der Waals surface area contributed by atoms with Gasteiger partial charge in [-0.25, -0.2) is 0 Å². The van der Waals surface area contributed by atoms with Gasteiger partial charge in [0.15, 0.2) is 17.3 Å². The molecular weight excluding hydrogens is 350 g/mol. The van der Waals surface area contributed by atoms with Crippen LogP contribution < -0.4 is 14.8 Å². The quantitative estimate of drug-likeness (QED) is 0.863. The first kappa shape index (κ1) is 17.3. The van der Waals surface area contributed by atoms with E-state index in [-0.39, 0.29) is 18.6 Å². The molecule has 27 heavy (non-hydrogen) atoms. The van der Waals surface area contributed by atoms with E-state index in [0.29, 0.717) is 50.7 Å². The van der Waals surface area contributed by atoms with E-state index in [1.54, 1.807) is 21.9 Å². The Morgan fingerprint density at radius 1 is 1.00 bits per heavy atom. The van der Waals surface area contributed by atoms with Gasteiger partial charge in [-0.05, 0) is 24.3 Å². The highest BCUT2D eigenvalue weighted by atomic mass is 16.7. The highest BCUT2D eigenvalue weighted by Crippen LogP contribution is 2.34. The minimum absolute atomic E-state index is 0.0772. The summed E-state index contributed by atoms with van der Waals surface area (Å²) in [6.45, 7) is 2.88. The Morgan fingerprint density at radius 2 is 1.78 bits per heavy atom. The molecule has 0 atom stereocenters. The van der Waals surface area contributed by atoms with E-state index in [0.717, 1.165) is 11.4 Å². The fourth-order valence-corrected chi connectivity index (χ4v) is 3.19. The fourth-order valence-electron chi connectivity index (χ4n) is 3.19.